The lowest BCUT2D eigenvalue weighted by atomic mass is 10.2. The van der Waals surface area contributed by atoms with Gasteiger partial charge < -0.3 is 14.4 Å². The molecule has 0 spiro atoms. The van der Waals surface area contributed by atoms with Gasteiger partial charge in [0.05, 0.1) is 17.9 Å². The Morgan fingerprint density at radius 1 is 1.45 bits per heavy atom. The molecule has 0 N–H and O–H groups in total. The summed E-state index contributed by atoms with van der Waals surface area (Å²) in [6.07, 6.45) is 0.0422. The second kappa shape index (κ2) is 6.75. The van der Waals surface area contributed by atoms with Crippen LogP contribution < -0.4 is 4.74 Å². The van der Waals surface area contributed by atoms with E-state index in [1.165, 1.54) is 0 Å². The molecule has 22 heavy (non-hydrogen) atoms. The van der Waals surface area contributed by atoms with Crippen LogP contribution in [0.1, 0.15) is 30.8 Å². The summed E-state index contributed by atoms with van der Waals surface area (Å²) in [4.78, 5) is 18.2. The molecule has 0 radical (unpaired) electrons. The number of aryl methyl sites for hydroxylation is 2. The SMILES string of the molecule is Cc1cc(OCC(=O)N2C[C@@H](C)O[C@H](C)C2)c(C#N)c(C)n1. The summed E-state index contributed by atoms with van der Waals surface area (Å²) >= 11 is 0. The lowest BCUT2D eigenvalue weighted by Crippen LogP contribution is -2.49. The van der Waals surface area contributed by atoms with Crippen molar-refractivity contribution in [1.29, 1.82) is 5.26 Å². The summed E-state index contributed by atoms with van der Waals surface area (Å²) in [6.45, 7) is 8.51. The van der Waals surface area contributed by atoms with Gasteiger partial charge in [0.25, 0.3) is 5.91 Å². The highest BCUT2D eigenvalue weighted by molar-refractivity contribution is 5.78. The highest BCUT2D eigenvalue weighted by Crippen LogP contribution is 2.21. The van der Waals surface area contributed by atoms with Crippen LogP contribution in [0.2, 0.25) is 0 Å². The first kappa shape index (κ1) is 16.2. The van der Waals surface area contributed by atoms with Gasteiger partial charge in [0.2, 0.25) is 0 Å². The van der Waals surface area contributed by atoms with Gasteiger partial charge in [0.15, 0.2) is 6.61 Å². The van der Waals surface area contributed by atoms with Gasteiger partial charge in [0, 0.05) is 24.8 Å². The third kappa shape index (κ3) is 3.74. The Morgan fingerprint density at radius 2 is 2.09 bits per heavy atom. The van der Waals surface area contributed by atoms with Crippen molar-refractivity contribution in [2.45, 2.75) is 39.9 Å². The quantitative estimate of drug-likeness (QED) is 0.847. The van der Waals surface area contributed by atoms with E-state index in [9.17, 15) is 10.1 Å². The fourth-order valence-corrected chi connectivity index (χ4v) is 2.66. The maximum atomic E-state index is 12.3. The number of amides is 1. The standard InChI is InChI=1S/C16H21N3O3/c1-10-5-15(14(6-17)13(4)18-10)21-9-16(20)19-7-11(2)22-12(3)8-19/h5,11-12H,7-9H2,1-4H3/t11-,12-/m1/s1. The van der Waals surface area contributed by atoms with Crippen molar-refractivity contribution in [3.63, 3.8) is 0 Å². The Labute approximate surface area is 130 Å². The third-order valence-corrected chi connectivity index (χ3v) is 3.53. The molecule has 0 aliphatic carbocycles. The van der Waals surface area contributed by atoms with Crippen LogP contribution in [0, 0.1) is 25.2 Å². The van der Waals surface area contributed by atoms with Crippen molar-refractivity contribution in [1.82, 2.24) is 9.88 Å². The lowest BCUT2D eigenvalue weighted by molar-refractivity contribution is -0.145. The van der Waals surface area contributed by atoms with Crippen molar-refractivity contribution in [3.8, 4) is 11.8 Å². The molecule has 6 nitrogen and oxygen atoms in total. The van der Waals surface area contributed by atoms with E-state index in [2.05, 4.69) is 11.1 Å². The molecule has 1 aromatic rings. The highest BCUT2D eigenvalue weighted by atomic mass is 16.5. The molecule has 1 aliphatic rings. The number of aromatic nitrogens is 1. The first-order chi connectivity index (χ1) is 10.4. The van der Waals surface area contributed by atoms with Crippen LogP contribution in [-0.2, 0) is 9.53 Å². The highest BCUT2D eigenvalue weighted by Gasteiger charge is 2.26. The molecule has 1 amide bonds. The van der Waals surface area contributed by atoms with Crippen molar-refractivity contribution < 1.29 is 14.3 Å². The summed E-state index contributed by atoms with van der Waals surface area (Å²) in [5, 5.41) is 9.19. The number of rotatable bonds is 3. The average molecular weight is 303 g/mol. The fourth-order valence-electron chi connectivity index (χ4n) is 2.66. The molecule has 0 aromatic carbocycles. The monoisotopic (exact) mass is 303 g/mol. The zero-order chi connectivity index (χ0) is 16.3. The third-order valence-electron chi connectivity index (χ3n) is 3.53. The molecule has 1 aliphatic heterocycles. The number of hydrogen-bond acceptors (Lipinski definition) is 5. The maximum absolute atomic E-state index is 12.3. The second-order valence-corrected chi connectivity index (χ2v) is 5.68. The van der Waals surface area contributed by atoms with E-state index >= 15 is 0 Å². The van der Waals surface area contributed by atoms with E-state index in [0.29, 0.717) is 30.1 Å². The van der Waals surface area contributed by atoms with E-state index in [1.807, 2.05) is 20.8 Å². The van der Waals surface area contributed by atoms with E-state index < -0.39 is 0 Å². The molecule has 0 bridgehead atoms. The molecule has 1 saturated heterocycles. The van der Waals surface area contributed by atoms with Crippen LogP contribution in [0.25, 0.3) is 0 Å². The summed E-state index contributed by atoms with van der Waals surface area (Å²) in [6, 6.07) is 3.76. The predicted molar refractivity (Wildman–Crippen MR) is 80.5 cm³/mol. The maximum Gasteiger partial charge on any atom is 0.260 e. The number of carbonyl (C=O) groups is 1. The number of nitriles is 1. The normalized spacial score (nSPS) is 21.3. The Kier molecular flexibility index (Phi) is 4.99. The Hall–Kier alpha value is -2.13. The average Bonchev–Trinajstić information content (AvgIpc) is 2.43. The number of ether oxygens (including phenoxy) is 2. The van der Waals surface area contributed by atoms with Gasteiger partial charge >= 0.3 is 0 Å². The van der Waals surface area contributed by atoms with Gasteiger partial charge in [-0.3, -0.25) is 9.78 Å². The van der Waals surface area contributed by atoms with E-state index in [1.54, 1.807) is 17.9 Å². The minimum Gasteiger partial charge on any atom is -0.482 e. The van der Waals surface area contributed by atoms with E-state index in [4.69, 9.17) is 9.47 Å². The largest absolute Gasteiger partial charge is 0.482 e. The van der Waals surface area contributed by atoms with Crippen LogP contribution in [-0.4, -0.2) is 47.7 Å². The van der Waals surface area contributed by atoms with Crippen LogP contribution in [0.15, 0.2) is 6.07 Å². The van der Waals surface area contributed by atoms with Crippen LogP contribution in [0.5, 0.6) is 5.75 Å². The second-order valence-electron chi connectivity index (χ2n) is 5.68. The number of hydrogen-bond donors (Lipinski definition) is 0. The molecule has 1 aromatic heterocycles. The molecule has 118 valence electrons. The van der Waals surface area contributed by atoms with Gasteiger partial charge in [-0.25, -0.2) is 0 Å². The summed E-state index contributed by atoms with van der Waals surface area (Å²) in [7, 11) is 0. The molecule has 1 fully saturated rings. The molecular formula is C16H21N3O3. The van der Waals surface area contributed by atoms with E-state index in [0.717, 1.165) is 5.69 Å². The van der Waals surface area contributed by atoms with Crippen molar-refractivity contribution in [2.75, 3.05) is 19.7 Å². The molecule has 6 heteroatoms. The van der Waals surface area contributed by atoms with Gasteiger partial charge in [-0.2, -0.15) is 5.26 Å². The van der Waals surface area contributed by atoms with Gasteiger partial charge in [-0.05, 0) is 27.7 Å². The van der Waals surface area contributed by atoms with Crippen LogP contribution in [0.4, 0.5) is 0 Å². The summed E-state index contributed by atoms with van der Waals surface area (Å²) < 4.78 is 11.2. The summed E-state index contributed by atoms with van der Waals surface area (Å²) in [5.41, 5.74) is 1.74. The van der Waals surface area contributed by atoms with Crippen molar-refractivity contribution in [3.05, 3.63) is 23.0 Å². The Balaban J connectivity index is 2.04. The number of carbonyl (C=O) groups excluding carboxylic acids is 1. The number of pyridine rings is 1. The van der Waals surface area contributed by atoms with Crippen molar-refractivity contribution >= 4 is 5.91 Å². The number of nitrogens with zero attached hydrogens (tertiary/aromatic N) is 3. The molecular weight excluding hydrogens is 282 g/mol. The van der Waals surface area contributed by atoms with Crippen molar-refractivity contribution in [2.24, 2.45) is 0 Å². The first-order valence-corrected chi connectivity index (χ1v) is 7.35. The Morgan fingerprint density at radius 3 is 2.68 bits per heavy atom. The van der Waals surface area contributed by atoms with Gasteiger partial charge in [-0.1, -0.05) is 0 Å². The molecule has 2 heterocycles. The van der Waals surface area contributed by atoms with Gasteiger partial charge in [-0.15, -0.1) is 0 Å². The minimum absolute atomic E-state index is 0.0211. The van der Waals surface area contributed by atoms with E-state index in [-0.39, 0.29) is 24.7 Å². The smallest absolute Gasteiger partial charge is 0.260 e. The van der Waals surface area contributed by atoms with Crippen LogP contribution >= 0.6 is 0 Å². The molecule has 0 unspecified atom stereocenters. The lowest BCUT2D eigenvalue weighted by Gasteiger charge is -2.35. The molecule has 2 atom stereocenters. The topological polar surface area (TPSA) is 75.4 Å². The predicted octanol–water partition coefficient (Wildman–Crippen LogP) is 1.58. The zero-order valence-corrected chi connectivity index (χ0v) is 13.4. The Bertz CT molecular complexity index is 599. The van der Waals surface area contributed by atoms with Gasteiger partial charge in [0.1, 0.15) is 17.4 Å². The molecule has 2 rings (SSSR count). The first-order valence-electron chi connectivity index (χ1n) is 7.35. The zero-order valence-electron chi connectivity index (χ0n) is 13.4. The minimum atomic E-state index is -0.0991. The van der Waals surface area contributed by atoms with Crippen LogP contribution in [0.3, 0.4) is 0 Å². The fraction of sp³-hybridized carbons (Fsp3) is 0.562. The summed E-state index contributed by atoms with van der Waals surface area (Å²) in [5.74, 6) is 0.313. The number of morpholine rings is 1. The molecule has 0 saturated carbocycles.